The number of ether oxygens (including phenoxy) is 1. The van der Waals surface area contributed by atoms with Crippen LogP contribution in [0, 0.1) is 0 Å². The molecule has 2 atom stereocenters. The van der Waals surface area contributed by atoms with Crippen molar-refractivity contribution in [2.75, 3.05) is 13.2 Å². The van der Waals surface area contributed by atoms with Gasteiger partial charge in [-0.25, -0.2) is 0 Å². The van der Waals surface area contributed by atoms with Crippen molar-refractivity contribution in [3.63, 3.8) is 0 Å². The number of carbonyl (C=O) groups is 2. The molecule has 0 aromatic heterocycles. The summed E-state index contributed by atoms with van der Waals surface area (Å²) in [4.78, 5) is 24.5. The van der Waals surface area contributed by atoms with Crippen molar-refractivity contribution in [3.05, 3.63) is 12.2 Å². The molecule has 0 spiro atoms. The number of unbranched alkanes of at least 4 members (excludes halogenated alkanes) is 50. The van der Waals surface area contributed by atoms with Crippen LogP contribution in [0.25, 0.3) is 0 Å². The molecule has 73 heavy (non-hydrogen) atoms. The van der Waals surface area contributed by atoms with Gasteiger partial charge in [0.2, 0.25) is 5.91 Å². The highest BCUT2D eigenvalue weighted by Crippen LogP contribution is 2.19. The molecular formula is C67H131NO5. The Hall–Kier alpha value is -1.40. The second kappa shape index (κ2) is 63.1. The van der Waals surface area contributed by atoms with Crippen LogP contribution in [-0.2, 0) is 14.3 Å². The van der Waals surface area contributed by atoms with E-state index in [9.17, 15) is 19.8 Å². The third-order valence-electron chi connectivity index (χ3n) is 15.8. The molecule has 1 amide bonds. The molecule has 0 rings (SSSR count). The van der Waals surface area contributed by atoms with Gasteiger partial charge in [0.1, 0.15) is 0 Å². The SMILES string of the molecule is CCCCCCCC/C=C\CCCCCCCCCC(=O)OCCCCCCCCCCCCCCCCCCCCCCCCCCCCCCCC(=O)NC(CO)C(O)CCCCCCCCCCCC. The molecule has 0 aromatic rings. The predicted octanol–water partition coefficient (Wildman–Crippen LogP) is 21.2. The Kier molecular flexibility index (Phi) is 61.9. The van der Waals surface area contributed by atoms with E-state index in [1.807, 2.05) is 0 Å². The summed E-state index contributed by atoms with van der Waals surface area (Å²) < 4.78 is 5.50. The van der Waals surface area contributed by atoms with Gasteiger partial charge in [-0.2, -0.15) is 0 Å². The van der Waals surface area contributed by atoms with E-state index in [1.165, 1.54) is 302 Å². The fraction of sp³-hybridized carbons (Fsp3) is 0.940. The zero-order valence-corrected chi connectivity index (χ0v) is 49.6. The molecule has 3 N–H and O–H groups in total. The van der Waals surface area contributed by atoms with E-state index in [2.05, 4.69) is 31.3 Å². The first-order chi connectivity index (χ1) is 36.0. The summed E-state index contributed by atoms with van der Waals surface area (Å²) in [7, 11) is 0. The zero-order chi connectivity index (χ0) is 52.9. The number of rotatable bonds is 63. The summed E-state index contributed by atoms with van der Waals surface area (Å²) in [5.74, 6) is -0.0144. The minimum absolute atomic E-state index is 0.0168. The van der Waals surface area contributed by atoms with Crippen molar-refractivity contribution in [2.24, 2.45) is 0 Å². The Bertz CT molecular complexity index is 1100. The van der Waals surface area contributed by atoms with Crippen LogP contribution in [0.1, 0.15) is 380 Å². The van der Waals surface area contributed by atoms with E-state index in [-0.39, 0.29) is 18.5 Å². The summed E-state index contributed by atoms with van der Waals surface area (Å²) in [6.45, 7) is 4.96. The Labute approximate surface area is 457 Å². The third kappa shape index (κ3) is 59.7. The maximum Gasteiger partial charge on any atom is 0.305 e. The third-order valence-corrected chi connectivity index (χ3v) is 15.8. The summed E-state index contributed by atoms with van der Waals surface area (Å²) in [5.41, 5.74) is 0. The highest BCUT2D eigenvalue weighted by Gasteiger charge is 2.20. The van der Waals surface area contributed by atoms with Crippen LogP contribution in [0.3, 0.4) is 0 Å². The summed E-state index contributed by atoms with van der Waals surface area (Å²) in [6, 6.07) is -0.536. The van der Waals surface area contributed by atoms with E-state index in [4.69, 9.17) is 4.74 Å². The number of aliphatic hydroxyl groups excluding tert-OH is 2. The van der Waals surface area contributed by atoms with Gasteiger partial charge in [0.25, 0.3) is 0 Å². The van der Waals surface area contributed by atoms with Crippen molar-refractivity contribution in [1.82, 2.24) is 5.32 Å². The largest absolute Gasteiger partial charge is 0.466 e. The maximum atomic E-state index is 12.4. The molecule has 0 aliphatic rings. The average Bonchev–Trinajstić information content (AvgIpc) is 3.39. The van der Waals surface area contributed by atoms with Gasteiger partial charge in [-0.05, 0) is 51.4 Å². The first-order valence-electron chi connectivity index (χ1n) is 33.4. The molecule has 6 heteroatoms. The molecule has 0 fully saturated rings. The fourth-order valence-corrected chi connectivity index (χ4v) is 10.7. The molecule has 0 aliphatic carbocycles. The van der Waals surface area contributed by atoms with E-state index < -0.39 is 12.1 Å². The van der Waals surface area contributed by atoms with E-state index >= 15 is 0 Å². The fourth-order valence-electron chi connectivity index (χ4n) is 10.7. The number of hydrogen-bond donors (Lipinski definition) is 3. The van der Waals surface area contributed by atoms with Crippen LogP contribution in [0.5, 0.6) is 0 Å². The molecule has 0 saturated heterocycles. The number of amides is 1. The first kappa shape index (κ1) is 71.6. The minimum Gasteiger partial charge on any atom is -0.466 e. The summed E-state index contributed by atoms with van der Waals surface area (Å²) in [5, 5.41) is 23.2. The Morgan fingerprint density at radius 3 is 0.973 bits per heavy atom. The lowest BCUT2D eigenvalue weighted by Gasteiger charge is -2.22. The number of allylic oxidation sites excluding steroid dienone is 2. The smallest absolute Gasteiger partial charge is 0.305 e. The van der Waals surface area contributed by atoms with Gasteiger partial charge in [0.15, 0.2) is 0 Å². The van der Waals surface area contributed by atoms with Gasteiger partial charge in [0.05, 0.1) is 25.4 Å². The highest BCUT2D eigenvalue weighted by atomic mass is 16.5. The van der Waals surface area contributed by atoms with Crippen LogP contribution < -0.4 is 5.32 Å². The van der Waals surface area contributed by atoms with Gasteiger partial charge in [-0.15, -0.1) is 0 Å². The molecule has 6 nitrogen and oxygen atoms in total. The lowest BCUT2D eigenvalue weighted by atomic mass is 10.0. The monoisotopic (exact) mass is 1030 g/mol. The van der Waals surface area contributed by atoms with Gasteiger partial charge >= 0.3 is 5.97 Å². The maximum absolute atomic E-state index is 12.4. The molecular weight excluding hydrogens is 899 g/mol. The lowest BCUT2D eigenvalue weighted by Crippen LogP contribution is -2.45. The number of hydrogen-bond acceptors (Lipinski definition) is 5. The Morgan fingerprint density at radius 2 is 0.644 bits per heavy atom. The van der Waals surface area contributed by atoms with E-state index in [0.29, 0.717) is 25.9 Å². The van der Waals surface area contributed by atoms with E-state index in [0.717, 1.165) is 44.9 Å². The number of nitrogens with one attached hydrogen (secondary N) is 1. The summed E-state index contributed by atoms with van der Waals surface area (Å²) >= 11 is 0. The Balaban J connectivity index is 3.29. The molecule has 0 bridgehead atoms. The molecule has 434 valence electrons. The predicted molar refractivity (Wildman–Crippen MR) is 320 cm³/mol. The number of aliphatic hydroxyl groups is 2. The molecule has 0 aliphatic heterocycles. The van der Waals surface area contributed by atoms with Gasteiger partial charge in [-0.3, -0.25) is 9.59 Å². The standard InChI is InChI=1S/C67H131NO5/c1-3-5-7-9-11-13-15-16-17-31-35-38-41-45-49-53-57-61-67(72)73-62-58-54-50-46-42-39-36-33-30-28-26-24-22-20-18-19-21-23-25-27-29-32-34-37-40-44-48-52-56-60-66(71)68-64(63-69)65(70)59-55-51-47-43-14-12-10-8-6-4-2/h16-17,64-65,69-70H,3-15,18-63H2,1-2H3,(H,68,71)/b17-16-. The van der Waals surface area contributed by atoms with Crippen molar-refractivity contribution < 1.29 is 24.5 Å². The molecule has 0 saturated carbocycles. The van der Waals surface area contributed by atoms with Gasteiger partial charge in [-0.1, -0.05) is 328 Å². The van der Waals surface area contributed by atoms with Crippen molar-refractivity contribution in [1.29, 1.82) is 0 Å². The summed E-state index contributed by atoms with van der Waals surface area (Å²) in [6.07, 6.45) is 76.9. The minimum atomic E-state index is -0.659. The quantitative estimate of drug-likeness (QED) is 0.0320. The number of esters is 1. The van der Waals surface area contributed by atoms with Gasteiger partial charge < -0.3 is 20.3 Å². The average molecular weight is 1030 g/mol. The Morgan fingerprint density at radius 1 is 0.370 bits per heavy atom. The van der Waals surface area contributed by atoms with E-state index in [1.54, 1.807) is 0 Å². The van der Waals surface area contributed by atoms with Crippen LogP contribution in [0.2, 0.25) is 0 Å². The van der Waals surface area contributed by atoms with Crippen LogP contribution in [0.4, 0.5) is 0 Å². The first-order valence-corrected chi connectivity index (χ1v) is 33.4. The second-order valence-corrected chi connectivity index (χ2v) is 23.2. The molecule has 0 aromatic carbocycles. The van der Waals surface area contributed by atoms with Crippen molar-refractivity contribution in [3.8, 4) is 0 Å². The van der Waals surface area contributed by atoms with Crippen molar-refractivity contribution >= 4 is 11.9 Å². The zero-order valence-electron chi connectivity index (χ0n) is 49.6. The normalized spacial score (nSPS) is 12.5. The van der Waals surface area contributed by atoms with Crippen LogP contribution in [-0.4, -0.2) is 47.4 Å². The number of carbonyl (C=O) groups excluding carboxylic acids is 2. The second-order valence-electron chi connectivity index (χ2n) is 23.2. The van der Waals surface area contributed by atoms with Crippen LogP contribution >= 0.6 is 0 Å². The molecule has 2 unspecified atom stereocenters. The molecule has 0 heterocycles. The van der Waals surface area contributed by atoms with Gasteiger partial charge in [0, 0.05) is 12.8 Å². The van der Waals surface area contributed by atoms with Crippen LogP contribution in [0.15, 0.2) is 12.2 Å². The van der Waals surface area contributed by atoms with Crippen molar-refractivity contribution in [2.45, 2.75) is 392 Å². The lowest BCUT2D eigenvalue weighted by molar-refractivity contribution is -0.143. The topological polar surface area (TPSA) is 95.9 Å². The highest BCUT2D eigenvalue weighted by molar-refractivity contribution is 5.76. The molecule has 0 radical (unpaired) electrons.